The molecular weight excluding hydrogens is 290 g/mol. The molecule has 130 valence electrons. The summed E-state index contributed by atoms with van der Waals surface area (Å²) >= 11 is 0. The van der Waals surface area contributed by atoms with Gasteiger partial charge in [-0.05, 0) is 60.6 Å². The molecule has 1 aromatic rings. The lowest BCUT2D eigenvalue weighted by molar-refractivity contribution is 0.00663. The van der Waals surface area contributed by atoms with Gasteiger partial charge in [0.1, 0.15) is 5.60 Å². The highest BCUT2D eigenvalue weighted by Gasteiger charge is 2.30. The van der Waals surface area contributed by atoms with Gasteiger partial charge in [-0.2, -0.15) is 0 Å². The third kappa shape index (κ3) is 7.46. The fourth-order valence-electron chi connectivity index (χ4n) is 2.12. The normalized spacial score (nSPS) is 12.1. The molecule has 1 rings (SSSR count). The van der Waals surface area contributed by atoms with Crippen LogP contribution in [0.2, 0.25) is 0 Å². The molecule has 1 heterocycles. The second-order valence-electron chi connectivity index (χ2n) is 7.75. The number of rotatable bonds is 5. The van der Waals surface area contributed by atoms with Crippen LogP contribution in [0.4, 0.5) is 4.79 Å². The number of carbonyl (C=O) groups excluding carboxylic acids is 1. The Morgan fingerprint density at radius 2 is 1.87 bits per heavy atom. The first-order chi connectivity index (χ1) is 10.5. The molecule has 0 aliphatic carbocycles. The maximum absolute atomic E-state index is 12.4. The summed E-state index contributed by atoms with van der Waals surface area (Å²) in [5.74, 6) is 0. The van der Waals surface area contributed by atoms with E-state index in [2.05, 4.69) is 10.3 Å². The van der Waals surface area contributed by atoms with E-state index >= 15 is 0 Å². The zero-order chi connectivity index (χ0) is 17.7. The monoisotopic (exact) mass is 321 g/mol. The fraction of sp³-hybridized carbons (Fsp3) is 0.667. The number of carbonyl (C=O) groups is 1. The molecule has 0 saturated heterocycles. The summed E-state index contributed by atoms with van der Waals surface area (Å²) in [6.07, 6.45) is -0.277. The minimum absolute atomic E-state index is 0.277. The number of aryl methyl sites for hydroxylation is 1. The molecule has 0 spiro atoms. The molecule has 1 N–H and O–H groups in total. The van der Waals surface area contributed by atoms with Crippen molar-refractivity contribution >= 4 is 6.09 Å². The van der Waals surface area contributed by atoms with Crippen LogP contribution >= 0.6 is 0 Å². The number of nitrogens with one attached hydrogen (secondary N) is 1. The molecule has 0 aliphatic heterocycles. The van der Waals surface area contributed by atoms with Gasteiger partial charge in [0.05, 0.1) is 5.69 Å². The van der Waals surface area contributed by atoms with Gasteiger partial charge in [0.15, 0.2) is 0 Å². The van der Waals surface area contributed by atoms with Crippen molar-refractivity contribution in [3.8, 4) is 0 Å². The van der Waals surface area contributed by atoms with Crippen LogP contribution in [0.3, 0.4) is 0 Å². The summed E-state index contributed by atoms with van der Waals surface area (Å²) in [6.45, 7) is 15.6. The van der Waals surface area contributed by atoms with Gasteiger partial charge in [0, 0.05) is 30.9 Å². The average Bonchev–Trinajstić information content (AvgIpc) is 2.34. The van der Waals surface area contributed by atoms with E-state index in [4.69, 9.17) is 4.74 Å². The standard InChI is InChI=1S/C18H31N3O2/c1-14-9-8-10-15(20-14)13-19-11-12-21(17(2,3)4)16(22)23-18(5,6)7/h8-10,19H,11-13H2,1-7H3. The molecule has 23 heavy (non-hydrogen) atoms. The Bertz CT molecular complexity index is 516. The second-order valence-corrected chi connectivity index (χ2v) is 7.75. The number of amides is 1. The predicted octanol–water partition coefficient (Wildman–Crippen LogP) is 3.52. The van der Waals surface area contributed by atoms with Crippen molar-refractivity contribution in [1.29, 1.82) is 0 Å². The number of hydrogen-bond donors (Lipinski definition) is 1. The van der Waals surface area contributed by atoms with Gasteiger partial charge in [-0.1, -0.05) is 6.07 Å². The van der Waals surface area contributed by atoms with Gasteiger partial charge in [-0.3, -0.25) is 4.98 Å². The molecular formula is C18H31N3O2. The Balaban J connectivity index is 2.54. The summed E-state index contributed by atoms with van der Waals surface area (Å²) in [7, 11) is 0. The van der Waals surface area contributed by atoms with E-state index in [0.29, 0.717) is 19.6 Å². The second kappa shape index (κ2) is 7.77. The highest BCUT2D eigenvalue weighted by molar-refractivity contribution is 5.69. The number of pyridine rings is 1. The van der Waals surface area contributed by atoms with Crippen molar-refractivity contribution in [1.82, 2.24) is 15.2 Å². The molecule has 5 nitrogen and oxygen atoms in total. The fourth-order valence-corrected chi connectivity index (χ4v) is 2.12. The summed E-state index contributed by atoms with van der Waals surface area (Å²) in [6, 6.07) is 5.98. The Morgan fingerprint density at radius 3 is 2.39 bits per heavy atom. The first kappa shape index (κ1) is 19.4. The summed E-state index contributed by atoms with van der Waals surface area (Å²) in [4.78, 5) is 18.6. The van der Waals surface area contributed by atoms with Gasteiger partial charge in [-0.15, -0.1) is 0 Å². The van der Waals surface area contributed by atoms with Crippen LogP contribution in [0.5, 0.6) is 0 Å². The SMILES string of the molecule is Cc1cccc(CNCCN(C(=O)OC(C)(C)C)C(C)(C)C)n1. The third-order valence-electron chi connectivity index (χ3n) is 3.19. The van der Waals surface area contributed by atoms with Crippen molar-refractivity contribution in [3.05, 3.63) is 29.6 Å². The topological polar surface area (TPSA) is 54.5 Å². The van der Waals surface area contributed by atoms with Crippen LogP contribution in [-0.4, -0.2) is 40.2 Å². The number of ether oxygens (including phenoxy) is 1. The van der Waals surface area contributed by atoms with E-state index < -0.39 is 5.60 Å². The van der Waals surface area contributed by atoms with Gasteiger partial charge in [-0.25, -0.2) is 4.79 Å². The van der Waals surface area contributed by atoms with Crippen LogP contribution in [0.15, 0.2) is 18.2 Å². The molecule has 0 saturated carbocycles. The van der Waals surface area contributed by atoms with Crippen molar-refractivity contribution in [2.75, 3.05) is 13.1 Å². The maximum Gasteiger partial charge on any atom is 0.410 e. The Hall–Kier alpha value is -1.62. The highest BCUT2D eigenvalue weighted by Crippen LogP contribution is 2.17. The lowest BCUT2D eigenvalue weighted by Gasteiger charge is -2.36. The van der Waals surface area contributed by atoms with Gasteiger partial charge < -0.3 is 15.0 Å². The van der Waals surface area contributed by atoms with Crippen molar-refractivity contribution in [3.63, 3.8) is 0 Å². The molecule has 0 atom stereocenters. The van der Waals surface area contributed by atoms with Gasteiger partial charge in [0.25, 0.3) is 0 Å². The molecule has 0 bridgehead atoms. The number of aromatic nitrogens is 1. The summed E-state index contributed by atoms with van der Waals surface area (Å²) < 4.78 is 5.50. The smallest absolute Gasteiger partial charge is 0.410 e. The highest BCUT2D eigenvalue weighted by atomic mass is 16.6. The third-order valence-corrected chi connectivity index (χ3v) is 3.19. The molecule has 1 amide bonds. The van der Waals surface area contributed by atoms with Crippen molar-refractivity contribution < 1.29 is 9.53 Å². The molecule has 0 unspecified atom stereocenters. The predicted molar refractivity (Wildman–Crippen MR) is 93.4 cm³/mol. The molecule has 5 heteroatoms. The molecule has 0 fully saturated rings. The van der Waals surface area contributed by atoms with Crippen LogP contribution in [0.1, 0.15) is 52.9 Å². The first-order valence-corrected chi connectivity index (χ1v) is 8.13. The van der Waals surface area contributed by atoms with Crippen LogP contribution in [0, 0.1) is 6.92 Å². The Morgan fingerprint density at radius 1 is 1.22 bits per heavy atom. The van der Waals surface area contributed by atoms with Crippen LogP contribution < -0.4 is 5.32 Å². The minimum Gasteiger partial charge on any atom is -0.444 e. The largest absolute Gasteiger partial charge is 0.444 e. The van der Waals surface area contributed by atoms with Crippen LogP contribution in [-0.2, 0) is 11.3 Å². The maximum atomic E-state index is 12.4. The number of nitrogens with zero attached hydrogens (tertiary/aromatic N) is 2. The van der Waals surface area contributed by atoms with Gasteiger partial charge >= 0.3 is 6.09 Å². The van der Waals surface area contributed by atoms with Crippen molar-refractivity contribution in [2.45, 2.75) is 66.2 Å². The average molecular weight is 321 g/mol. The Kier molecular flexibility index (Phi) is 6.57. The van der Waals surface area contributed by atoms with E-state index in [-0.39, 0.29) is 11.6 Å². The zero-order valence-corrected chi connectivity index (χ0v) is 15.6. The van der Waals surface area contributed by atoms with E-state index in [9.17, 15) is 4.79 Å². The minimum atomic E-state index is -0.487. The van der Waals surface area contributed by atoms with Crippen LogP contribution in [0.25, 0.3) is 0 Å². The molecule has 1 aromatic heterocycles. The van der Waals surface area contributed by atoms with E-state index in [1.165, 1.54) is 0 Å². The zero-order valence-electron chi connectivity index (χ0n) is 15.6. The summed E-state index contributed by atoms with van der Waals surface area (Å²) in [5.41, 5.74) is 1.24. The summed E-state index contributed by atoms with van der Waals surface area (Å²) in [5, 5.41) is 3.34. The lowest BCUT2D eigenvalue weighted by atomic mass is 10.1. The van der Waals surface area contributed by atoms with E-state index in [1.807, 2.05) is 66.7 Å². The molecule has 0 aromatic carbocycles. The van der Waals surface area contributed by atoms with E-state index in [0.717, 1.165) is 11.4 Å². The quantitative estimate of drug-likeness (QED) is 0.843. The van der Waals surface area contributed by atoms with E-state index in [1.54, 1.807) is 4.90 Å². The Labute approximate surface area is 140 Å². The van der Waals surface area contributed by atoms with Gasteiger partial charge in [0.2, 0.25) is 0 Å². The lowest BCUT2D eigenvalue weighted by Crippen LogP contribution is -2.50. The molecule has 0 radical (unpaired) electrons. The van der Waals surface area contributed by atoms with Crippen molar-refractivity contribution in [2.24, 2.45) is 0 Å². The first-order valence-electron chi connectivity index (χ1n) is 8.13. The number of hydrogen-bond acceptors (Lipinski definition) is 4. The molecule has 0 aliphatic rings.